The average molecular weight is 247 g/mol. The summed E-state index contributed by atoms with van der Waals surface area (Å²) in [7, 11) is 0. The second-order valence-electron chi connectivity index (χ2n) is 4.48. The van der Waals surface area contributed by atoms with Crippen LogP contribution in [0.5, 0.6) is 0 Å². The molecular weight excluding hydrogens is 230 g/mol. The van der Waals surface area contributed by atoms with Crippen LogP contribution in [-0.4, -0.2) is 24.4 Å². The molecular formula is C14H17NO3. The Morgan fingerprint density at radius 2 is 2.17 bits per heavy atom. The predicted octanol–water partition coefficient (Wildman–Crippen LogP) is 2.40. The Balaban J connectivity index is 2.02. The van der Waals surface area contributed by atoms with Gasteiger partial charge < -0.3 is 10.1 Å². The van der Waals surface area contributed by atoms with Crippen molar-refractivity contribution in [2.75, 3.05) is 11.9 Å². The van der Waals surface area contributed by atoms with Gasteiger partial charge in [0.2, 0.25) is 0 Å². The number of benzene rings is 1. The number of ether oxygens (including phenoxy) is 1. The van der Waals surface area contributed by atoms with E-state index in [1.54, 1.807) is 24.3 Å². The van der Waals surface area contributed by atoms with E-state index in [0.717, 1.165) is 19.3 Å². The zero-order chi connectivity index (χ0) is 13.0. The van der Waals surface area contributed by atoms with E-state index in [-0.39, 0.29) is 17.8 Å². The fraction of sp³-hybridized carbons (Fsp3) is 0.429. The lowest BCUT2D eigenvalue weighted by atomic mass is 10.1. The van der Waals surface area contributed by atoms with Gasteiger partial charge in [-0.3, -0.25) is 9.59 Å². The fourth-order valence-electron chi connectivity index (χ4n) is 1.99. The van der Waals surface area contributed by atoms with Gasteiger partial charge >= 0.3 is 0 Å². The second kappa shape index (κ2) is 5.78. The highest BCUT2D eigenvalue weighted by atomic mass is 16.5. The van der Waals surface area contributed by atoms with E-state index < -0.39 is 0 Å². The molecule has 0 aromatic heterocycles. The summed E-state index contributed by atoms with van der Waals surface area (Å²) in [5.74, 6) is -0.143. The first-order chi connectivity index (χ1) is 8.66. The van der Waals surface area contributed by atoms with Gasteiger partial charge in [-0.2, -0.15) is 0 Å². The van der Waals surface area contributed by atoms with Crippen molar-refractivity contribution in [2.45, 2.75) is 32.3 Å². The van der Waals surface area contributed by atoms with Gasteiger partial charge in [0.15, 0.2) is 5.78 Å². The van der Waals surface area contributed by atoms with Gasteiger partial charge in [0.25, 0.3) is 5.91 Å². The van der Waals surface area contributed by atoms with E-state index in [9.17, 15) is 9.59 Å². The molecule has 1 aromatic carbocycles. The third-order valence-electron chi connectivity index (χ3n) is 3.01. The summed E-state index contributed by atoms with van der Waals surface area (Å²) in [5.41, 5.74) is 1.24. The van der Waals surface area contributed by atoms with Crippen LogP contribution < -0.4 is 5.32 Å². The number of ketones is 1. The van der Waals surface area contributed by atoms with Crippen LogP contribution in [0.1, 0.15) is 36.5 Å². The smallest absolute Gasteiger partial charge is 0.253 e. The summed E-state index contributed by atoms with van der Waals surface area (Å²) >= 11 is 0. The standard InChI is InChI=1S/C14H17NO3/c1-10(16)11-5-4-6-12(9-11)15-14(17)13-7-2-3-8-18-13/h4-6,9,13H,2-3,7-8H2,1H3,(H,15,17). The quantitative estimate of drug-likeness (QED) is 0.834. The van der Waals surface area contributed by atoms with Gasteiger partial charge in [-0.05, 0) is 38.3 Å². The number of hydrogen-bond acceptors (Lipinski definition) is 3. The average Bonchev–Trinajstić information content (AvgIpc) is 2.40. The highest BCUT2D eigenvalue weighted by Gasteiger charge is 2.21. The lowest BCUT2D eigenvalue weighted by Crippen LogP contribution is -2.33. The van der Waals surface area contributed by atoms with Crippen molar-refractivity contribution in [3.63, 3.8) is 0 Å². The van der Waals surface area contributed by atoms with Crippen LogP contribution in [0.3, 0.4) is 0 Å². The molecule has 1 aliphatic rings. The summed E-state index contributed by atoms with van der Waals surface area (Å²) in [6.07, 6.45) is 2.44. The van der Waals surface area contributed by atoms with Gasteiger partial charge in [-0.15, -0.1) is 0 Å². The molecule has 96 valence electrons. The number of carbonyl (C=O) groups excluding carboxylic acids is 2. The number of Topliss-reactive ketones (excluding diaryl/α,β-unsaturated/α-hetero) is 1. The molecule has 0 saturated carbocycles. The molecule has 1 aromatic rings. The van der Waals surface area contributed by atoms with E-state index in [1.807, 2.05) is 0 Å². The highest BCUT2D eigenvalue weighted by molar-refractivity contribution is 5.98. The van der Waals surface area contributed by atoms with Crippen molar-refractivity contribution < 1.29 is 14.3 Å². The van der Waals surface area contributed by atoms with Crippen molar-refractivity contribution in [3.8, 4) is 0 Å². The molecule has 1 amide bonds. The number of amides is 1. The van der Waals surface area contributed by atoms with Crippen LogP contribution in [-0.2, 0) is 9.53 Å². The molecule has 0 spiro atoms. The summed E-state index contributed by atoms with van der Waals surface area (Å²) in [6.45, 7) is 2.15. The van der Waals surface area contributed by atoms with E-state index in [0.29, 0.717) is 17.9 Å². The maximum Gasteiger partial charge on any atom is 0.253 e. The maximum absolute atomic E-state index is 11.9. The fourth-order valence-corrected chi connectivity index (χ4v) is 1.99. The van der Waals surface area contributed by atoms with Gasteiger partial charge in [0, 0.05) is 17.9 Å². The zero-order valence-corrected chi connectivity index (χ0v) is 10.4. The third kappa shape index (κ3) is 3.17. The minimum atomic E-state index is -0.361. The lowest BCUT2D eigenvalue weighted by molar-refractivity contribution is -0.129. The topological polar surface area (TPSA) is 55.4 Å². The minimum Gasteiger partial charge on any atom is -0.368 e. The molecule has 1 fully saturated rings. The number of carbonyl (C=O) groups is 2. The Hall–Kier alpha value is -1.68. The third-order valence-corrected chi connectivity index (χ3v) is 3.01. The normalized spacial score (nSPS) is 19.3. The molecule has 1 saturated heterocycles. The highest BCUT2D eigenvalue weighted by Crippen LogP contribution is 2.16. The van der Waals surface area contributed by atoms with Crippen LogP contribution in [0.15, 0.2) is 24.3 Å². The molecule has 4 heteroatoms. The largest absolute Gasteiger partial charge is 0.368 e. The van der Waals surface area contributed by atoms with Crippen molar-refractivity contribution in [2.24, 2.45) is 0 Å². The lowest BCUT2D eigenvalue weighted by Gasteiger charge is -2.21. The molecule has 0 aliphatic carbocycles. The van der Waals surface area contributed by atoms with E-state index in [1.165, 1.54) is 6.92 Å². The Kier molecular flexibility index (Phi) is 4.10. The number of rotatable bonds is 3. The second-order valence-corrected chi connectivity index (χ2v) is 4.48. The molecule has 1 atom stereocenters. The Morgan fingerprint density at radius 1 is 1.33 bits per heavy atom. The van der Waals surface area contributed by atoms with E-state index in [2.05, 4.69) is 5.32 Å². The first kappa shape index (κ1) is 12.8. The number of hydrogen-bond donors (Lipinski definition) is 1. The molecule has 1 heterocycles. The first-order valence-corrected chi connectivity index (χ1v) is 6.20. The molecule has 18 heavy (non-hydrogen) atoms. The molecule has 2 rings (SSSR count). The Labute approximate surface area is 106 Å². The van der Waals surface area contributed by atoms with Crippen LogP contribution in [0.25, 0.3) is 0 Å². The Bertz CT molecular complexity index is 450. The molecule has 1 unspecified atom stereocenters. The summed E-state index contributed by atoms with van der Waals surface area (Å²) in [6, 6.07) is 6.94. The summed E-state index contributed by atoms with van der Waals surface area (Å²) < 4.78 is 5.41. The SMILES string of the molecule is CC(=O)c1cccc(NC(=O)C2CCCCO2)c1. The zero-order valence-electron chi connectivity index (χ0n) is 10.4. The molecule has 0 bridgehead atoms. The van der Waals surface area contributed by atoms with E-state index in [4.69, 9.17) is 4.74 Å². The van der Waals surface area contributed by atoms with Crippen molar-refractivity contribution in [3.05, 3.63) is 29.8 Å². The van der Waals surface area contributed by atoms with Crippen LogP contribution in [0.2, 0.25) is 0 Å². The van der Waals surface area contributed by atoms with Crippen LogP contribution in [0.4, 0.5) is 5.69 Å². The van der Waals surface area contributed by atoms with E-state index >= 15 is 0 Å². The molecule has 0 radical (unpaired) electrons. The van der Waals surface area contributed by atoms with Crippen molar-refractivity contribution in [1.29, 1.82) is 0 Å². The molecule has 1 N–H and O–H groups in total. The molecule has 4 nitrogen and oxygen atoms in total. The summed E-state index contributed by atoms with van der Waals surface area (Å²) in [5, 5.41) is 2.79. The van der Waals surface area contributed by atoms with Crippen LogP contribution >= 0.6 is 0 Å². The predicted molar refractivity (Wildman–Crippen MR) is 68.7 cm³/mol. The van der Waals surface area contributed by atoms with Gasteiger partial charge in [-0.1, -0.05) is 12.1 Å². The first-order valence-electron chi connectivity index (χ1n) is 6.20. The monoisotopic (exact) mass is 247 g/mol. The van der Waals surface area contributed by atoms with Crippen molar-refractivity contribution in [1.82, 2.24) is 0 Å². The minimum absolute atomic E-state index is 0.0139. The number of nitrogens with one attached hydrogen (secondary N) is 1. The summed E-state index contributed by atoms with van der Waals surface area (Å²) in [4.78, 5) is 23.2. The van der Waals surface area contributed by atoms with Crippen molar-refractivity contribution >= 4 is 17.4 Å². The Morgan fingerprint density at radius 3 is 2.83 bits per heavy atom. The van der Waals surface area contributed by atoms with Crippen LogP contribution in [0, 0.1) is 0 Å². The maximum atomic E-state index is 11.9. The number of anilines is 1. The van der Waals surface area contributed by atoms with Gasteiger partial charge in [0.05, 0.1) is 0 Å². The van der Waals surface area contributed by atoms with Gasteiger partial charge in [-0.25, -0.2) is 0 Å². The van der Waals surface area contributed by atoms with Gasteiger partial charge in [0.1, 0.15) is 6.10 Å². The molecule has 1 aliphatic heterocycles.